The van der Waals surface area contributed by atoms with Crippen molar-refractivity contribution in [1.29, 1.82) is 0 Å². The minimum Gasteiger partial charge on any atom is -0.397 e. The first-order chi connectivity index (χ1) is 10.3. The van der Waals surface area contributed by atoms with Crippen LogP contribution in [0.15, 0.2) is 0 Å². The second-order valence-corrected chi connectivity index (χ2v) is 10.2. The van der Waals surface area contributed by atoms with Gasteiger partial charge in [-0.05, 0) is 25.7 Å². The van der Waals surface area contributed by atoms with Gasteiger partial charge in [-0.25, -0.2) is 0 Å². The molecule has 0 N–H and O–H groups in total. The van der Waals surface area contributed by atoms with E-state index in [0.717, 1.165) is 0 Å². The SMILES string of the molecule is COC(OC)O[Si](OC)(C1CCCCC1)C1CCCCC1. The zero-order valence-corrected chi connectivity index (χ0v) is 14.9. The minimum absolute atomic E-state index is 0.583. The molecule has 0 heterocycles. The molecule has 2 aliphatic carbocycles. The van der Waals surface area contributed by atoms with Crippen molar-refractivity contribution in [3.63, 3.8) is 0 Å². The van der Waals surface area contributed by atoms with Gasteiger partial charge in [0.15, 0.2) is 0 Å². The van der Waals surface area contributed by atoms with Crippen molar-refractivity contribution >= 4 is 8.56 Å². The number of hydrogen-bond donors (Lipinski definition) is 0. The van der Waals surface area contributed by atoms with Gasteiger partial charge < -0.3 is 18.3 Å². The molecule has 0 bridgehead atoms. The Balaban J connectivity index is 2.19. The maximum absolute atomic E-state index is 6.44. The summed E-state index contributed by atoms with van der Waals surface area (Å²) in [6.07, 6.45) is 12.9. The molecule has 5 heteroatoms. The third-order valence-electron chi connectivity index (χ3n) is 5.33. The van der Waals surface area contributed by atoms with Crippen LogP contribution in [0.3, 0.4) is 0 Å². The summed E-state index contributed by atoms with van der Waals surface area (Å²) >= 11 is 0. The van der Waals surface area contributed by atoms with Gasteiger partial charge in [0.05, 0.1) is 0 Å². The first-order valence-corrected chi connectivity index (χ1v) is 10.5. The quantitative estimate of drug-likeness (QED) is 0.517. The van der Waals surface area contributed by atoms with Crippen molar-refractivity contribution in [2.45, 2.75) is 81.8 Å². The van der Waals surface area contributed by atoms with Gasteiger partial charge in [0.1, 0.15) is 0 Å². The molecule has 2 aliphatic rings. The van der Waals surface area contributed by atoms with Crippen LogP contribution in [0.4, 0.5) is 0 Å². The summed E-state index contributed by atoms with van der Waals surface area (Å²) in [6, 6.07) is 0. The lowest BCUT2D eigenvalue weighted by Gasteiger charge is -2.45. The third kappa shape index (κ3) is 4.08. The molecule has 0 radical (unpaired) electrons. The van der Waals surface area contributed by atoms with Gasteiger partial charge in [-0.15, -0.1) is 0 Å². The zero-order valence-electron chi connectivity index (χ0n) is 13.9. The van der Waals surface area contributed by atoms with E-state index in [4.69, 9.17) is 18.3 Å². The predicted octanol–water partition coefficient (Wildman–Crippen LogP) is 4.34. The van der Waals surface area contributed by atoms with Gasteiger partial charge in [-0.1, -0.05) is 38.5 Å². The van der Waals surface area contributed by atoms with Crippen LogP contribution in [0.5, 0.6) is 0 Å². The molecule has 2 rings (SSSR count). The minimum atomic E-state index is -2.32. The first-order valence-electron chi connectivity index (χ1n) is 8.55. The van der Waals surface area contributed by atoms with E-state index in [1.165, 1.54) is 64.2 Å². The molecule has 2 fully saturated rings. The molecule has 0 atom stereocenters. The molecule has 4 nitrogen and oxygen atoms in total. The van der Waals surface area contributed by atoms with Crippen molar-refractivity contribution in [1.82, 2.24) is 0 Å². The van der Waals surface area contributed by atoms with Gasteiger partial charge >= 0.3 is 8.56 Å². The molecule has 0 aromatic carbocycles. The Hall–Kier alpha value is 0.0569. The smallest absolute Gasteiger partial charge is 0.348 e. The highest BCUT2D eigenvalue weighted by atomic mass is 28.4. The number of ether oxygens (including phenoxy) is 2. The van der Waals surface area contributed by atoms with Gasteiger partial charge in [0, 0.05) is 32.4 Å². The number of rotatable bonds is 7. The van der Waals surface area contributed by atoms with E-state index in [1.54, 1.807) is 14.2 Å². The largest absolute Gasteiger partial charge is 0.397 e. The average molecular weight is 317 g/mol. The topological polar surface area (TPSA) is 36.9 Å². The highest BCUT2D eigenvalue weighted by molar-refractivity contribution is 6.70. The van der Waals surface area contributed by atoms with E-state index in [1.807, 2.05) is 7.11 Å². The molecule has 0 aliphatic heterocycles. The zero-order chi connectivity index (χ0) is 15.1. The first kappa shape index (κ1) is 17.4. The monoisotopic (exact) mass is 316 g/mol. The molecule has 21 heavy (non-hydrogen) atoms. The van der Waals surface area contributed by atoms with E-state index in [2.05, 4.69) is 0 Å². The van der Waals surface area contributed by atoms with Crippen LogP contribution in [0.25, 0.3) is 0 Å². The second-order valence-electron chi connectivity index (χ2n) is 6.47. The molecule has 124 valence electrons. The van der Waals surface area contributed by atoms with Crippen LogP contribution in [0.1, 0.15) is 64.2 Å². The fourth-order valence-corrected chi connectivity index (χ4v) is 8.99. The van der Waals surface area contributed by atoms with Crippen LogP contribution in [-0.2, 0) is 18.3 Å². The van der Waals surface area contributed by atoms with Gasteiger partial charge in [-0.2, -0.15) is 0 Å². The van der Waals surface area contributed by atoms with Gasteiger partial charge in [-0.3, -0.25) is 0 Å². The summed E-state index contributed by atoms with van der Waals surface area (Å²) in [5.74, 6) is 0. The van der Waals surface area contributed by atoms with Crippen molar-refractivity contribution in [3.05, 3.63) is 0 Å². The Bertz CT molecular complexity index is 266. The summed E-state index contributed by atoms with van der Waals surface area (Å²) in [5.41, 5.74) is 1.18. The van der Waals surface area contributed by atoms with Crippen molar-refractivity contribution in [2.24, 2.45) is 0 Å². The summed E-state index contributed by atoms with van der Waals surface area (Å²) in [7, 11) is 2.82. The van der Waals surface area contributed by atoms with E-state index in [-0.39, 0.29) is 0 Å². The van der Waals surface area contributed by atoms with Crippen molar-refractivity contribution in [3.8, 4) is 0 Å². The Labute approximate surface area is 130 Å². The second kappa shape index (κ2) is 8.63. The lowest BCUT2D eigenvalue weighted by molar-refractivity contribution is -0.233. The number of methoxy groups -OCH3 is 2. The Morgan fingerprint density at radius 2 is 1.14 bits per heavy atom. The van der Waals surface area contributed by atoms with E-state index in [9.17, 15) is 0 Å². The predicted molar refractivity (Wildman–Crippen MR) is 85.3 cm³/mol. The molecular formula is C16H32O4Si. The molecular weight excluding hydrogens is 284 g/mol. The van der Waals surface area contributed by atoms with Gasteiger partial charge in [0.2, 0.25) is 0 Å². The highest BCUT2D eigenvalue weighted by Crippen LogP contribution is 2.49. The van der Waals surface area contributed by atoms with Crippen LogP contribution in [0, 0.1) is 0 Å². The Kier molecular flexibility index (Phi) is 7.15. The van der Waals surface area contributed by atoms with Gasteiger partial charge in [0.25, 0.3) is 6.48 Å². The summed E-state index contributed by atoms with van der Waals surface area (Å²) in [5, 5.41) is 0. The fraction of sp³-hybridized carbons (Fsp3) is 1.00. The van der Waals surface area contributed by atoms with Crippen LogP contribution >= 0.6 is 0 Å². The molecule has 0 aromatic heterocycles. The normalized spacial score (nSPS) is 22.9. The third-order valence-corrected chi connectivity index (χ3v) is 9.96. The number of hydrogen-bond acceptors (Lipinski definition) is 4. The lowest BCUT2D eigenvalue weighted by Crippen LogP contribution is -2.54. The Morgan fingerprint density at radius 3 is 1.48 bits per heavy atom. The molecule has 0 aromatic rings. The molecule has 0 amide bonds. The van der Waals surface area contributed by atoms with E-state index in [0.29, 0.717) is 11.1 Å². The molecule has 0 saturated heterocycles. The van der Waals surface area contributed by atoms with Crippen LogP contribution in [-0.4, -0.2) is 36.4 Å². The van der Waals surface area contributed by atoms with Crippen LogP contribution in [0.2, 0.25) is 11.1 Å². The van der Waals surface area contributed by atoms with E-state index >= 15 is 0 Å². The summed E-state index contributed by atoms with van der Waals surface area (Å²) in [6.45, 7) is -0.583. The summed E-state index contributed by atoms with van der Waals surface area (Å²) < 4.78 is 23.3. The maximum Gasteiger partial charge on any atom is 0.348 e. The van der Waals surface area contributed by atoms with E-state index < -0.39 is 15.0 Å². The fourth-order valence-electron chi connectivity index (χ4n) is 4.26. The average Bonchev–Trinajstić information content (AvgIpc) is 2.58. The molecule has 0 spiro atoms. The van der Waals surface area contributed by atoms with Crippen molar-refractivity contribution in [2.75, 3.05) is 21.3 Å². The molecule has 0 unspecified atom stereocenters. The maximum atomic E-state index is 6.44. The highest BCUT2D eigenvalue weighted by Gasteiger charge is 2.53. The summed E-state index contributed by atoms with van der Waals surface area (Å²) in [4.78, 5) is 0. The molecule has 2 saturated carbocycles. The lowest BCUT2D eigenvalue weighted by atomic mass is 9.99. The van der Waals surface area contributed by atoms with Crippen LogP contribution < -0.4 is 0 Å². The standard InChI is InChI=1S/C16H32O4Si/c1-17-16(18-2)20-21(19-3,14-10-6-4-7-11-14)15-12-8-5-9-13-15/h14-16H,4-13H2,1-3H3. The Morgan fingerprint density at radius 1 is 0.714 bits per heavy atom. The van der Waals surface area contributed by atoms with Crippen molar-refractivity contribution < 1.29 is 18.3 Å².